The van der Waals surface area contributed by atoms with E-state index in [9.17, 15) is 9.59 Å². The molecule has 0 bridgehead atoms. The summed E-state index contributed by atoms with van der Waals surface area (Å²) in [5, 5.41) is 9.42. The van der Waals surface area contributed by atoms with E-state index in [1.165, 1.54) is 11.3 Å². The predicted octanol–water partition coefficient (Wildman–Crippen LogP) is 1.06. The van der Waals surface area contributed by atoms with Gasteiger partial charge in [0.05, 0.1) is 12.0 Å². The Labute approximate surface area is 151 Å². The van der Waals surface area contributed by atoms with E-state index in [0.717, 1.165) is 17.8 Å². The predicted molar refractivity (Wildman–Crippen MR) is 92.3 cm³/mol. The third kappa shape index (κ3) is 4.16. The third-order valence-electron chi connectivity index (χ3n) is 4.68. The summed E-state index contributed by atoms with van der Waals surface area (Å²) >= 11 is 1.34. The molecule has 2 aliphatic rings. The van der Waals surface area contributed by atoms with Crippen LogP contribution in [-0.4, -0.2) is 66.4 Å². The Morgan fingerprint density at radius 1 is 1.32 bits per heavy atom. The van der Waals surface area contributed by atoms with Crippen LogP contribution in [0.3, 0.4) is 0 Å². The van der Waals surface area contributed by atoms with Gasteiger partial charge in [-0.1, -0.05) is 11.3 Å². The number of aromatic nitrogens is 2. The zero-order chi connectivity index (χ0) is 17.8. The van der Waals surface area contributed by atoms with Crippen LogP contribution in [0, 0.1) is 5.92 Å². The minimum atomic E-state index is -0.300. The Morgan fingerprint density at radius 2 is 2.08 bits per heavy atom. The van der Waals surface area contributed by atoms with Crippen LogP contribution in [0.4, 0.5) is 5.13 Å². The molecule has 2 aliphatic heterocycles. The molecule has 2 fully saturated rings. The van der Waals surface area contributed by atoms with E-state index < -0.39 is 0 Å². The van der Waals surface area contributed by atoms with Crippen LogP contribution in [-0.2, 0) is 25.7 Å². The maximum absolute atomic E-state index is 12.7. The summed E-state index contributed by atoms with van der Waals surface area (Å²) in [5.41, 5.74) is 0. The van der Waals surface area contributed by atoms with Crippen LogP contribution in [0.2, 0.25) is 0 Å². The molecule has 0 aliphatic carbocycles. The fourth-order valence-corrected chi connectivity index (χ4v) is 4.03. The van der Waals surface area contributed by atoms with Crippen LogP contribution in [0.5, 0.6) is 0 Å². The summed E-state index contributed by atoms with van der Waals surface area (Å²) < 4.78 is 10.7. The monoisotopic (exact) mass is 368 g/mol. The smallest absolute Gasteiger partial charge is 0.229 e. The van der Waals surface area contributed by atoms with Gasteiger partial charge in [0.2, 0.25) is 16.9 Å². The number of anilines is 1. The van der Waals surface area contributed by atoms with Gasteiger partial charge in [0, 0.05) is 39.8 Å². The molecule has 1 aromatic heterocycles. The van der Waals surface area contributed by atoms with Crippen molar-refractivity contribution < 1.29 is 19.1 Å². The van der Waals surface area contributed by atoms with Crippen molar-refractivity contribution in [2.75, 3.05) is 38.3 Å². The number of rotatable bonds is 6. The number of methoxy groups -OCH3 is 1. The molecule has 0 spiro atoms. The van der Waals surface area contributed by atoms with Gasteiger partial charge in [-0.25, -0.2) is 0 Å². The van der Waals surface area contributed by atoms with Crippen LogP contribution in [0.1, 0.15) is 31.2 Å². The lowest BCUT2D eigenvalue weighted by Crippen LogP contribution is -2.44. The van der Waals surface area contributed by atoms with E-state index in [1.54, 1.807) is 12.0 Å². The Hall–Kier alpha value is -1.58. The van der Waals surface area contributed by atoms with Crippen molar-refractivity contribution in [2.24, 2.45) is 5.92 Å². The van der Waals surface area contributed by atoms with Gasteiger partial charge in [-0.3, -0.25) is 14.5 Å². The number of nitrogens with zero attached hydrogens (tertiary/aromatic N) is 4. The first-order valence-electron chi connectivity index (χ1n) is 8.64. The van der Waals surface area contributed by atoms with Gasteiger partial charge in [0.1, 0.15) is 11.6 Å². The number of carbonyl (C=O) groups is 2. The summed E-state index contributed by atoms with van der Waals surface area (Å²) in [6.45, 7) is 4.68. The van der Waals surface area contributed by atoms with E-state index in [2.05, 4.69) is 10.2 Å². The van der Waals surface area contributed by atoms with Crippen molar-refractivity contribution in [1.29, 1.82) is 0 Å². The second-order valence-electron chi connectivity index (χ2n) is 6.28. The maximum atomic E-state index is 12.7. The lowest BCUT2D eigenvalue weighted by atomic mass is 10.0. The lowest BCUT2D eigenvalue weighted by Gasteiger charge is -2.32. The molecule has 0 aromatic carbocycles. The number of hydrogen-bond acceptors (Lipinski definition) is 7. The van der Waals surface area contributed by atoms with Crippen molar-refractivity contribution in [2.45, 2.75) is 38.9 Å². The highest BCUT2D eigenvalue weighted by Gasteiger charge is 2.39. The van der Waals surface area contributed by atoms with Crippen molar-refractivity contribution in [1.82, 2.24) is 15.1 Å². The molecule has 0 N–H and O–H groups in total. The Bertz CT molecular complexity index is 615. The topological polar surface area (TPSA) is 84.9 Å². The second-order valence-corrected chi connectivity index (χ2v) is 7.32. The van der Waals surface area contributed by atoms with Crippen LogP contribution in [0.15, 0.2) is 0 Å². The highest BCUT2D eigenvalue weighted by molar-refractivity contribution is 7.15. The van der Waals surface area contributed by atoms with Gasteiger partial charge in [-0.15, -0.1) is 10.2 Å². The zero-order valence-electron chi connectivity index (χ0n) is 14.6. The molecule has 1 atom stereocenters. The molecule has 2 saturated heterocycles. The molecule has 25 heavy (non-hydrogen) atoms. The van der Waals surface area contributed by atoms with E-state index in [1.807, 2.05) is 11.8 Å². The van der Waals surface area contributed by atoms with Gasteiger partial charge in [-0.05, 0) is 19.8 Å². The quantitative estimate of drug-likeness (QED) is 0.747. The van der Waals surface area contributed by atoms with Gasteiger partial charge in [-0.2, -0.15) is 0 Å². The summed E-state index contributed by atoms with van der Waals surface area (Å²) in [5.74, 6) is -0.306. The highest BCUT2D eigenvalue weighted by Crippen LogP contribution is 2.29. The number of hydrogen-bond donors (Lipinski definition) is 0. The minimum Gasteiger partial charge on any atom is -0.381 e. The molecular weight excluding hydrogens is 344 g/mol. The summed E-state index contributed by atoms with van der Waals surface area (Å²) in [6, 6.07) is 0. The van der Waals surface area contributed by atoms with E-state index in [-0.39, 0.29) is 30.3 Å². The first-order valence-corrected chi connectivity index (χ1v) is 9.46. The van der Waals surface area contributed by atoms with Crippen molar-refractivity contribution in [3.63, 3.8) is 0 Å². The van der Waals surface area contributed by atoms with E-state index >= 15 is 0 Å². The molecule has 0 radical (unpaired) electrons. The van der Waals surface area contributed by atoms with Crippen molar-refractivity contribution >= 4 is 28.3 Å². The fraction of sp³-hybridized carbons (Fsp3) is 0.750. The average molecular weight is 368 g/mol. The largest absolute Gasteiger partial charge is 0.381 e. The SMILES string of the molecule is CCOCc1nnc(N2CC(C(=O)N3CCC(OC)CC3)CC2=O)s1. The molecule has 3 rings (SSSR count). The van der Waals surface area contributed by atoms with Crippen LogP contribution < -0.4 is 4.90 Å². The van der Waals surface area contributed by atoms with Gasteiger partial charge in [0.25, 0.3) is 0 Å². The number of piperidine rings is 1. The Balaban J connectivity index is 1.58. The minimum absolute atomic E-state index is 0.0597. The third-order valence-corrected chi connectivity index (χ3v) is 5.60. The first kappa shape index (κ1) is 18.2. The lowest BCUT2D eigenvalue weighted by molar-refractivity contribution is -0.138. The standard InChI is InChI=1S/C16H24N4O4S/c1-3-24-10-13-17-18-16(25-13)20-9-11(8-14(20)21)15(22)19-6-4-12(23-2)5-7-19/h11-12H,3-10H2,1-2H3. The molecule has 8 nitrogen and oxygen atoms in total. The fourth-order valence-electron chi connectivity index (χ4n) is 3.23. The molecule has 0 saturated carbocycles. The molecule has 3 heterocycles. The van der Waals surface area contributed by atoms with Gasteiger partial charge >= 0.3 is 0 Å². The normalized spacial score (nSPS) is 22.0. The van der Waals surface area contributed by atoms with E-state index in [0.29, 0.717) is 38.0 Å². The van der Waals surface area contributed by atoms with E-state index in [4.69, 9.17) is 9.47 Å². The van der Waals surface area contributed by atoms with Crippen molar-refractivity contribution in [3.8, 4) is 0 Å². The molecule has 1 unspecified atom stereocenters. The number of likely N-dealkylation sites (tertiary alicyclic amines) is 1. The average Bonchev–Trinajstić information content (AvgIpc) is 3.25. The number of carbonyl (C=O) groups excluding carboxylic acids is 2. The second kappa shape index (κ2) is 8.20. The Kier molecular flexibility index (Phi) is 5.98. The number of amides is 2. The first-order chi connectivity index (χ1) is 12.1. The number of ether oxygens (including phenoxy) is 2. The summed E-state index contributed by atoms with van der Waals surface area (Å²) in [7, 11) is 1.71. The van der Waals surface area contributed by atoms with Gasteiger partial charge in [0.15, 0.2) is 0 Å². The molecular formula is C16H24N4O4S. The summed E-state index contributed by atoms with van der Waals surface area (Å²) in [4.78, 5) is 28.5. The molecule has 1 aromatic rings. The van der Waals surface area contributed by atoms with Crippen LogP contribution >= 0.6 is 11.3 Å². The maximum Gasteiger partial charge on any atom is 0.229 e. The molecule has 9 heteroatoms. The highest BCUT2D eigenvalue weighted by atomic mass is 32.1. The van der Waals surface area contributed by atoms with Crippen molar-refractivity contribution in [3.05, 3.63) is 5.01 Å². The molecule has 2 amide bonds. The summed E-state index contributed by atoms with van der Waals surface area (Å²) in [6.07, 6.45) is 2.17. The zero-order valence-corrected chi connectivity index (χ0v) is 15.5. The molecule has 138 valence electrons. The van der Waals surface area contributed by atoms with Gasteiger partial charge < -0.3 is 14.4 Å². The van der Waals surface area contributed by atoms with Crippen LogP contribution in [0.25, 0.3) is 0 Å². The Morgan fingerprint density at radius 3 is 2.76 bits per heavy atom.